The van der Waals surface area contributed by atoms with Crippen LogP contribution in [0.4, 0.5) is 0 Å². The SMILES string of the molecule is COc1ccc(C(=O)N2CCOC(c3cc(Cl)cc(Cl)c3)C2)c(OC)c1. The first-order chi connectivity index (χ1) is 12.5. The van der Waals surface area contributed by atoms with Crippen molar-refractivity contribution in [3.8, 4) is 11.5 Å². The average Bonchev–Trinajstić information content (AvgIpc) is 2.66. The molecule has 7 heteroatoms. The zero-order valence-electron chi connectivity index (χ0n) is 14.5. The fraction of sp³-hybridized carbons (Fsp3) is 0.316. The highest BCUT2D eigenvalue weighted by Crippen LogP contribution is 2.30. The smallest absolute Gasteiger partial charge is 0.257 e. The molecule has 138 valence electrons. The van der Waals surface area contributed by atoms with Crippen molar-refractivity contribution in [2.24, 2.45) is 0 Å². The lowest BCUT2D eigenvalue weighted by molar-refractivity contribution is -0.0229. The van der Waals surface area contributed by atoms with Crippen LogP contribution >= 0.6 is 23.2 Å². The number of hydrogen-bond donors (Lipinski definition) is 0. The third-order valence-corrected chi connectivity index (χ3v) is 4.69. The van der Waals surface area contributed by atoms with Crippen LogP contribution in [0.25, 0.3) is 0 Å². The second-order valence-electron chi connectivity index (χ2n) is 5.88. The van der Waals surface area contributed by atoms with Gasteiger partial charge in [-0.2, -0.15) is 0 Å². The molecule has 0 saturated carbocycles. The van der Waals surface area contributed by atoms with Crippen molar-refractivity contribution in [1.82, 2.24) is 4.90 Å². The van der Waals surface area contributed by atoms with Gasteiger partial charge < -0.3 is 19.1 Å². The normalized spacial score (nSPS) is 17.1. The minimum Gasteiger partial charge on any atom is -0.497 e. The van der Waals surface area contributed by atoms with Crippen molar-refractivity contribution in [2.75, 3.05) is 33.9 Å². The van der Waals surface area contributed by atoms with Gasteiger partial charge in [-0.25, -0.2) is 0 Å². The molecule has 0 N–H and O–H groups in total. The number of benzene rings is 2. The van der Waals surface area contributed by atoms with Crippen molar-refractivity contribution in [1.29, 1.82) is 0 Å². The quantitative estimate of drug-likeness (QED) is 0.777. The predicted molar refractivity (Wildman–Crippen MR) is 101 cm³/mol. The molecule has 0 aromatic heterocycles. The number of rotatable bonds is 4. The summed E-state index contributed by atoms with van der Waals surface area (Å²) in [6.07, 6.45) is -0.284. The van der Waals surface area contributed by atoms with Crippen LogP contribution in [0.5, 0.6) is 11.5 Å². The van der Waals surface area contributed by atoms with Crippen molar-refractivity contribution < 1.29 is 19.0 Å². The first-order valence-corrected chi connectivity index (χ1v) is 8.86. The molecular formula is C19H19Cl2NO4. The highest BCUT2D eigenvalue weighted by molar-refractivity contribution is 6.34. The van der Waals surface area contributed by atoms with Gasteiger partial charge in [0.15, 0.2) is 0 Å². The number of carbonyl (C=O) groups excluding carboxylic acids is 1. The Balaban J connectivity index is 1.82. The van der Waals surface area contributed by atoms with Gasteiger partial charge in [0.2, 0.25) is 0 Å². The van der Waals surface area contributed by atoms with E-state index in [-0.39, 0.29) is 12.0 Å². The second kappa shape index (κ2) is 8.16. The molecule has 1 unspecified atom stereocenters. The van der Waals surface area contributed by atoms with E-state index in [1.54, 1.807) is 48.4 Å². The molecule has 0 aliphatic carbocycles. The summed E-state index contributed by atoms with van der Waals surface area (Å²) in [5.74, 6) is 0.987. The Morgan fingerprint density at radius 3 is 2.50 bits per heavy atom. The van der Waals surface area contributed by atoms with E-state index >= 15 is 0 Å². The van der Waals surface area contributed by atoms with E-state index < -0.39 is 0 Å². The Bertz CT molecular complexity index is 792. The topological polar surface area (TPSA) is 48.0 Å². The Labute approximate surface area is 162 Å². The van der Waals surface area contributed by atoms with Crippen LogP contribution in [0.1, 0.15) is 22.0 Å². The number of ether oxygens (including phenoxy) is 3. The maximum absolute atomic E-state index is 13.0. The van der Waals surface area contributed by atoms with Gasteiger partial charge in [0.05, 0.1) is 32.9 Å². The van der Waals surface area contributed by atoms with Crippen LogP contribution in [-0.4, -0.2) is 44.7 Å². The van der Waals surface area contributed by atoms with Crippen molar-refractivity contribution >= 4 is 29.1 Å². The maximum Gasteiger partial charge on any atom is 0.257 e. The molecule has 1 atom stereocenters. The summed E-state index contributed by atoms with van der Waals surface area (Å²) in [5.41, 5.74) is 1.33. The molecule has 1 amide bonds. The molecule has 0 bridgehead atoms. The fourth-order valence-electron chi connectivity index (χ4n) is 2.94. The van der Waals surface area contributed by atoms with E-state index in [0.717, 1.165) is 5.56 Å². The van der Waals surface area contributed by atoms with E-state index in [9.17, 15) is 4.79 Å². The minimum atomic E-state index is -0.284. The summed E-state index contributed by atoms with van der Waals surface area (Å²) < 4.78 is 16.4. The second-order valence-corrected chi connectivity index (χ2v) is 6.75. The van der Waals surface area contributed by atoms with Crippen molar-refractivity contribution in [3.05, 3.63) is 57.6 Å². The molecule has 2 aromatic carbocycles. The number of methoxy groups -OCH3 is 2. The molecular weight excluding hydrogens is 377 g/mol. The zero-order valence-corrected chi connectivity index (χ0v) is 16.0. The Hall–Kier alpha value is -1.95. The number of carbonyl (C=O) groups is 1. The molecule has 5 nitrogen and oxygen atoms in total. The zero-order chi connectivity index (χ0) is 18.7. The molecule has 26 heavy (non-hydrogen) atoms. The average molecular weight is 396 g/mol. The third-order valence-electron chi connectivity index (χ3n) is 4.25. The van der Waals surface area contributed by atoms with Gasteiger partial charge in [0.1, 0.15) is 17.6 Å². The van der Waals surface area contributed by atoms with E-state index in [4.69, 9.17) is 37.4 Å². The Morgan fingerprint density at radius 2 is 1.85 bits per heavy atom. The highest BCUT2D eigenvalue weighted by Gasteiger charge is 2.28. The molecule has 2 aromatic rings. The van der Waals surface area contributed by atoms with Gasteiger partial charge in [-0.1, -0.05) is 23.2 Å². The van der Waals surface area contributed by atoms with Gasteiger partial charge in [-0.15, -0.1) is 0 Å². The summed E-state index contributed by atoms with van der Waals surface area (Å²) in [6.45, 7) is 1.34. The summed E-state index contributed by atoms with van der Waals surface area (Å²) in [4.78, 5) is 14.7. The van der Waals surface area contributed by atoms with Crippen LogP contribution in [0, 0.1) is 0 Å². The van der Waals surface area contributed by atoms with Crippen LogP contribution in [0.15, 0.2) is 36.4 Å². The molecule has 1 aliphatic rings. The summed E-state index contributed by atoms with van der Waals surface area (Å²) in [6, 6.07) is 10.4. The van der Waals surface area contributed by atoms with Crippen LogP contribution in [0.3, 0.4) is 0 Å². The van der Waals surface area contributed by atoms with Gasteiger partial charge in [0, 0.05) is 22.7 Å². The largest absolute Gasteiger partial charge is 0.497 e. The molecule has 0 radical (unpaired) electrons. The predicted octanol–water partition coefficient (Wildman–Crippen LogP) is 4.22. The maximum atomic E-state index is 13.0. The first kappa shape index (κ1) is 18.8. The minimum absolute atomic E-state index is 0.120. The molecule has 1 heterocycles. The Morgan fingerprint density at radius 1 is 1.12 bits per heavy atom. The Kier molecular flexibility index (Phi) is 5.91. The number of amides is 1. The van der Waals surface area contributed by atoms with E-state index in [1.165, 1.54) is 7.11 Å². The van der Waals surface area contributed by atoms with Crippen molar-refractivity contribution in [3.63, 3.8) is 0 Å². The van der Waals surface area contributed by atoms with Crippen LogP contribution in [0.2, 0.25) is 10.0 Å². The number of nitrogens with zero attached hydrogens (tertiary/aromatic N) is 1. The number of morpholine rings is 1. The van der Waals surface area contributed by atoms with Gasteiger partial charge in [0.25, 0.3) is 5.91 Å². The standard InChI is InChI=1S/C19H19Cl2NO4/c1-24-15-3-4-16(17(10-15)25-2)19(23)22-5-6-26-18(11-22)12-7-13(20)9-14(21)8-12/h3-4,7-10,18H,5-6,11H2,1-2H3. The van der Waals surface area contributed by atoms with Gasteiger partial charge in [-0.3, -0.25) is 4.79 Å². The highest BCUT2D eigenvalue weighted by atomic mass is 35.5. The van der Waals surface area contributed by atoms with E-state index in [1.807, 2.05) is 0 Å². The lowest BCUT2D eigenvalue weighted by atomic mass is 10.1. The third kappa shape index (κ3) is 4.06. The lowest BCUT2D eigenvalue weighted by Crippen LogP contribution is -2.42. The molecule has 3 rings (SSSR count). The summed E-state index contributed by atoms with van der Waals surface area (Å²) in [5, 5.41) is 1.08. The summed E-state index contributed by atoms with van der Waals surface area (Å²) in [7, 11) is 3.10. The fourth-order valence-corrected chi connectivity index (χ4v) is 3.48. The molecule has 1 fully saturated rings. The number of halogens is 2. The van der Waals surface area contributed by atoms with Crippen LogP contribution < -0.4 is 9.47 Å². The van der Waals surface area contributed by atoms with Gasteiger partial charge in [-0.05, 0) is 35.9 Å². The molecule has 1 saturated heterocycles. The molecule has 1 aliphatic heterocycles. The van der Waals surface area contributed by atoms with Gasteiger partial charge >= 0.3 is 0 Å². The van der Waals surface area contributed by atoms with E-state index in [2.05, 4.69) is 0 Å². The first-order valence-electron chi connectivity index (χ1n) is 8.10. The van der Waals surface area contributed by atoms with Crippen LogP contribution in [-0.2, 0) is 4.74 Å². The van der Waals surface area contributed by atoms with Crippen molar-refractivity contribution in [2.45, 2.75) is 6.10 Å². The van der Waals surface area contributed by atoms with E-state index in [0.29, 0.717) is 46.8 Å². The summed E-state index contributed by atoms with van der Waals surface area (Å²) >= 11 is 12.2. The molecule has 0 spiro atoms. The lowest BCUT2D eigenvalue weighted by Gasteiger charge is -2.33. The monoisotopic (exact) mass is 395 g/mol. The number of hydrogen-bond acceptors (Lipinski definition) is 4.